The fourth-order valence-corrected chi connectivity index (χ4v) is 2.16. The molecular formula is C11H17ClN6O2. The van der Waals surface area contributed by atoms with Gasteiger partial charge in [-0.2, -0.15) is 9.50 Å². The first-order chi connectivity index (χ1) is 9.28. The second-order valence-electron chi connectivity index (χ2n) is 4.44. The van der Waals surface area contributed by atoms with Crippen molar-refractivity contribution >= 4 is 24.1 Å². The minimum absolute atomic E-state index is 0. The predicted octanol–water partition coefficient (Wildman–Crippen LogP) is -0.605. The Balaban J connectivity index is 0.00000147. The van der Waals surface area contributed by atoms with Crippen molar-refractivity contribution < 1.29 is 4.74 Å². The molecule has 2 aromatic heterocycles. The van der Waals surface area contributed by atoms with Gasteiger partial charge >= 0.3 is 0 Å². The minimum atomic E-state index is -0.175. The number of nitrogens with zero attached hydrogens (tertiary/aromatic N) is 4. The van der Waals surface area contributed by atoms with E-state index in [2.05, 4.69) is 25.3 Å². The zero-order valence-electron chi connectivity index (χ0n) is 11.1. The molecule has 1 saturated heterocycles. The zero-order valence-corrected chi connectivity index (χ0v) is 11.9. The van der Waals surface area contributed by atoms with Gasteiger partial charge in [-0.05, 0) is 0 Å². The van der Waals surface area contributed by atoms with Crippen molar-refractivity contribution in [2.24, 2.45) is 0 Å². The molecule has 0 saturated carbocycles. The Labute approximate surface area is 121 Å². The number of anilines is 1. The van der Waals surface area contributed by atoms with E-state index in [0.29, 0.717) is 24.0 Å². The highest BCUT2D eigenvalue weighted by atomic mass is 35.5. The molecular weight excluding hydrogens is 284 g/mol. The van der Waals surface area contributed by atoms with E-state index in [-0.39, 0.29) is 18.0 Å². The van der Waals surface area contributed by atoms with Crippen LogP contribution in [0, 0.1) is 0 Å². The Morgan fingerprint density at radius 3 is 2.80 bits per heavy atom. The van der Waals surface area contributed by atoms with Gasteiger partial charge < -0.3 is 15.0 Å². The van der Waals surface area contributed by atoms with Crippen molar-refractivity contribution in [2.45, 2.75) is 6.61 Å². The summed E-state index contributed by atoms with van der Waals surface area (Å²) in [5, 5.41) is 6.26. The molecule has 2 N–H and O–H groups in total. The first kappa shape index (κ1) is 14.8. The largest absolute Gasteiger partial charge is 0.378 e. The van der Waals surface area contributed by atoms with Crippen LogP contribution in [0.2, 0.25) is 0 Å². The Bertz CT molecular complexity index is 633. The average Bonchev–Trinajstić information content (AvgIpc) is 2.85. The van der Waals surface area contributed by atoms with Gasteiger partial charge in [-0.1, -0.05) is 0 Å². The Morgan fingerprint density at radius 2 is 2.10 bits per heavy atom. The number of rotatable bonds is 3. The lowest BCUT2D eigenvalue weighted by Crippen LogP contribution is -2.44. The number of aromatic amines is 1. The molecule has 0 unspecified atom stereocenters. The highest BCUT2D eigenvalue weighted by molar-refractivity contribution is 5.85. The number of halogens is 1. The van der Waals surface area contributed by atoms with Crippen LogP contribution in [-0.2, 0) is 11.3 Å². The molecule has 3 heterocycles. The van der Waals surface area contributed by atoms with Crippen LogP contribution in [-0.4, -0.2) is 52.9 Å². The van der Waals surface area contributed by atoms with E-state index < -0.39 is 0 Å². The number of nitrogens with one attached hydrogen (secondary N) is 2. The Hall–Kier alpha value is -1.64. The lowest BCUT2D eigenvalue weighted by molar-refractivity contribution is 0.181. The first-order valence-corrected chi connectivity index (χ1v) is 6.21. The maximum Gasteiger partial charge on any atom is 0.274 e. The van der Waals surface area contributed by atoms with Gasteiger partial charge in [-0.3, -0.25) is 9.89 Å². The smallest absolute Gasteiger partial charge is 0.274 e. The summed E-state index contributed by atoms with van der Waals surface area (Å²) < 4.78 is 6.35. The molecule has 0 spiro atoms. The molecule has 0 amide bonds. The zero-order chi connectivity index (χ0) is 13.2. The highest BCUT2D eigenvalue weighted by Gasteiger charge is 2.15. The molecule has 2 aromatic rings. The SMILES string of the molecule is COCc1cc(=O)n2[nH]c(N3CCNCC3)nc2n1.Cl. The van der Waals surface area contributed by atoms with Gasteiger partial charge in [0.2, 0.25) is 5.95 Å². The highest BCUT2D eigenvalue weighted by Crippen LogP contribution is 2.09. The van der Waals surface area contributed by atoms with Crippen molar-refractivity contribution in [3.8, 4) is 0 Å². The lowest BCUT2D eigenvalue weighted by Gasteiger charge is -2.26. The monoisotopic (exact) mass is 300 g/mol. The third-order valence-corrected chi connectivity index (χ3v) is 3.08. The van der Waals surface area contributed by atoms with Gasteiger partial charge in [-0.25, -0.2) is 4.98 Å². The van der Waals surface area contributed by atoms with Gasteiger partial charge in [0.1, 0.15) is 0 Å². The number of hydrogen-bond acceptors (Lipinski definition) is 6. The topological polar surface area (TPSA) is 87.5 Å². The second kappa shape index (κ2) is 6.21. The molecule has 1 aliphatic rings. The van der Waals surface area contributed by atoms with E-state index in [1.807, 2.05) is 0 Å². The van der Waals surface area contributed by atoms with Crippen LogP contribution in [0.15, 0.2) is 10.9 Å². The van der Waals surface area contributed by atoms with Crippen LogP contribution in [0.1, 0.15) is 5.69 Å². The molecule has 20 heavy (non-hydrogen) atoms. The van der Waals surface area contributed by atoms with E-state index in [0.717, 1.165) is 26.2 Å². The van der Waals surface area contributed by atoms with E-state index in [1.54, 1.807) is 7.11 Å². The van der Waals surface area contributed by atoms with Gasteiger partial charge in [0.15, 0.2) is 0 Å². The number of hydrogen-bond donors (Lipinski definition) is 2. The van der Waals surface area contributed by atoms with Crippen molar-refractivity contribution in [2.75, 3.05) is 38.2 Å². The van der Waals surface area contributed by atoms with Crippen molar-refractivity contribution in [1.82, 2.24) is 24.9 Å². The van der Waals surface area contributed by atoms with Crippen molar-refractivity contribution in [3.63, 3.8) is 0 Å². The molecule has 0 aliphatic carbocycles. The van der Waals surface area contributed by atoms with Gasteiger partial charge in [0.25, 0.3) is 11.3 Å². The summed E-state index contributed by atoms with van der Waals surface area (Å²) in [4.78, 5) is 22.7. The van der Waals surface area contributed by atoms with E-state index in [4.69, 9.17) is 4.74 Å². The van der Waals surface area contributed by atoms with Crippen LogP contribution >= 0.6 is 12.4 Å². The van der Waals surface area contributed by atoms with Crippen molar-refractivity contribution in [3.05, 3.63) is 22.1 Å². The van der Waals surface area contributed by atoms with E-state index in [9.17, 15) is 4.79 Å². The summed E-state index contributed by atoms with van der Waals surface area (Å²) in [6.07, 6.45) is 0. The molecule has 0 radical (unpaired) electrons. The molecule has 110 valence electrons. The van der Waals surface area contributed by atoms with Crippen LogP contribution in [0.25, 0.3) is 5.78 Å². The summed E-state index contributed by atoms with van der Waals surface area (Å²) in [6, 6.07) is 1.45. The lowest BCUT2D eigenvalue weighted by atomic mass is 10.4. The third-order valence-electron chi connectivity index (χ3n) is 3.08. The van der Waals surface area contributed by atoms with Crippen LogP contribution < -0.4 is 15.8 Å². The third kappa shape index (κ3) is 2.77. The summed E-state index contributed by atoms with van der Waals surface area (Å²) in [6.45, 7) is 3.85. The average molecular weight is 301 g/mol. The maximum absolute atomic E-state index is 11.9. The second-order valence-corrected chi connectivity index (χ2v) is 4.44. The van der Waals surface area contributed by atoms with Gasteiger partial charge in [0, 0.05) is 39.4 Å². The van der Waals surface area contributed by atoms with Crippen molar-refractivity contribution in [1.29, 1.82) is 0 Å². The number of aromatic nitrogens is 4. The number of fused-ring (bicyclic) bond motifs is 1. The van der Waals surface area contributed by atoms with E-state index >= 15 is 0 Å². The molecule has 0 atom stereocenters. The number of H-pyrrole nitrogens is 1. The van der Waals surface area contributed by atoms with Crippen LogP contribution in [0.4, 0.5) is 5.95 Å². The maximum atomic E-state index is 11.9. The fourth-order valence-electron chi connectivity index (χ4n) is 2.16. The molecule has 3 rings (SSSR count). The molecule has 9 heteroatoms. The summed E-state index contributed by atoms with van der Waals surface area (Å²) in [7, 11) is 1.57. The summed E-state index contributed by atoms with van der Waals surface area (Å²) in [5.74, 6) is 1.06. The minimum Gasteiger partial charge on any atom is -0.378 e. The molecule has 0 aromatic carbocycles. The Kier molecular flexibility index (Phi) is 4.58. The fraction of sp³-hybridized carbons (Fsp3) is 0.545. The normalized spacial score (nSPS) is 15.3. The molecule has 1 aliphatic heterocycles. The summed E-state index contributed by atoms with van der Waals surface area (Å²) >= 11 is 0. The van der Waals surface area contributed by atoms with Gasteiger partial charge in [0.05, 0.1) is 12.3 Å². The molecule has 8 nitrogen and oxygen atoms in total. The number of ether oxygens (including phenoxy) is 1. The van der Waals surface area contributed by atoms with Crippen LogP contribution in [0.3, 0.4) is 0 Å². The molecule has 1 fully saturated rings. The first-order valence-electron chi connectivity index (χ1n) is 6.21. The predicted molar refractivity (Wildman–Crippen MR) is 76.7 cm³/mol. The van der Waals surface area contributed by atoms with E-state index in [1.165, 1.54) is 10.6 Å². The standard InChI is InChI=1S/C11H16N6O2.ClH/c1-19-7-8-6-9(18)17-10(13-8)14-11(15-17)16-4-2-12-3-5-16;/h6,12H,2-5,7H2,1H3,(H,13,14,15);1H. The quantitative estimate of drug-likeness (QED) is 0.787. The summed E-state index contributed by atoms with van der Waals surface area (Å²) in [5.41, 5.74) is 0.414. The van der Waals surface area contributed by atoms with Crippen LogP contribution in [0.5, 0.6) is 0 Å². The number of methoxy groups -OCH3 is 1. The molecule has 0 bridgehead atoms. The van der Waals surface area contributed by atoms with Gasteiger partial charge in [-0.15, -0.1) is 12.4 Å². The Morgan fingerprint density at radius 1 is 1.35 bits per heavy atom. The number of piperazine rings is 1.